The predicted molar refractivity (Wildman–Crippen MR) is 54.9 cm³/mol. The van der Waals surface area contributed by atoms with Crippen LogP contribution in [-0.4, -0.2) is 20.9 Å². The average molecular weight is 203 g/mol. The molecule has 1 aromatic carbocycles. The Morgan fingerprint density at radius 3 is 2.87 bits per heavy atom. The van der Waals surface area contributed by atoms with Gasteiger partial charge in [0.05, 0.1) is 29.3 Å². The summed E-state index contributed by atoms with van der Waals surface area (Å²) in [6, 6.07) is 6.49. The second-order valence-corrected chi connectivity index (χ2v) is 3.07. The maximum atomic E-state index is 10.7. The minimum atomic E-state index is -0.961. The Kier molecular flexibility index (Phi) is 2.13. The molecule has 0 bridgehead atoms. The van der Waals surface area contributed by atoms with Crippen molar-refractivity contribution in [2.24, 2.45) is 0 Å². The van der Waals surface area contributed by atoms with Gasteiger partial charge in [0, 0.05) is 0 Å². The van der Waals surface area contributed by atoms with Crippen LogP contribution >= 0.6 is 0 Å². The number of nitrogens with zero attached hydrogens (tertiary/aromatic N) is 2. The van der Waals surface area contributed by atoms with Gasteiger partial charge in [-0.05, 0) is 18.2 Å². The number of aromatic nitrogens is 2. The van der Waals surface area contributed by atoms with Gasteiger partial charge < -0.3 is 10.8 Å². The summed E-state index contributed by atoms with van der Waals surface area (Å²) in [7, 11) is 0. The SMILES string of the molecule is Nc1cnn(-c2cccc(C(=O)O)c2)c1. The van der Waals surface area contributed by atoms with Gasteiger partial charge in [0.1, 0.15) is 0 Å². The number of hydrogen-bond acceptors (Lipinski definition) is 3. The Morgan fingerprint density at radius 2 is 2.27 bits per heavy atom. The van der Waals surface area contributed by atoms with E-state index in [1.807, 2.05) is 0 Å². The Bertz CT molecular complexity index is 505. The van der Waals surface area contributed by atoms with Gasteiger partial charge in [0.2, 0.25) is 0 Å². The maximum Gasteiger partial charge on any atom is 0.335 e. The summed E-state index contributed by atoms with van der Waals surface area (Å²) < 4.78 is 1.53. The summed E-state index contributed by atoms with van der Waals surface area (Å²) >= 11 is 0. The van der Waals surface area contributed by atoms with Gasteiger partial charge in [0.15, 0.2) is 0 Å². The summed E-state index contributed by atoms with van der Waals surface area (Å²) in [6.45, 7) is 0. The molecule has 0 aliphatic rings. The predicted octanol–water partition coefficient (Wildman–Crippen LogP) is 1.15. The Hall–Kier alpha value is -2.30. The summed E-state index contributed by atoms with van der Waals surface area (Å²) in [5.74, 6) is -0.961. The standard InChI is InChI=1S/C10H9N3O2/c11-8-5-12-13(6-8)9-3-1-2-7(4-9)10(14)15/h1-6H,11H2,(H,14,15). The van der Waals surface area contributed by atoms with Crippen LogP contribution < -0.4 is 5.73 Å². The largest absolute Gasteiger partial charge is 0.478 e. The molecule has 76 valence electrons. The highest BCUT2D eigenvalue weighted by Crippen LogP contribution is 2.11. The van der Waals surface area contributed by atoms with Crippen molar-refractivity contribution >= 4 is 11.7 Å². The molecule has 0 aliphatic carbocycles. The van der Waals surface area contributed by atoms with Crippen molar-refractivity contribution in [3.8, 4) is 5.69 Å². The third-order valence-corrected chi connectivity index (χ3v) is 1.96. The molecule has 0 saturated heterocycles. The second-order valence-electron chi connectivity index (χ2n) is 3.07. The van der Waals surface area contributed by atoms with Crippen molar-refractivity contribution in [2.75, 3.05) is 5.73 Å². The molecule has 5 heteroatoms. The van der Waals surface area contributed by atoms with Gasteiger partial charge in [-0.15, -0.1) is 0 Å². The monoisotopic (exact) mass is 203 g/mol. The van der Waals surface area contributed by atoms with Crippen molar-refractivity contribution in [2.45, 2.75) is 0 Å². The molecule has 2 aromatic rings. The first-order valence-corrected chi connectivity index (χ1v) is 4.31. The second kappa shape index (κ2) is 3.45. The van der Waals surface area contributed by atoms with E-state index < -0.39 is 5.97 Å². The third kappa shape index (κ3) is 1.80. The molecule has 0 atom stereocenters. The van der Waals surface area contributed by atoms with Gasteiger partial charge >= 0.3 is 5.97 Å². The van der Waals surface area contributed by atoms with Crippen LogP contribution in [0, 0.1) is 0 Å². The number of rotatable bonds is 2. The molecule has 0 aliphatic heterocycles. The van der Waals surface area contributed by atoms with Crippen LogP contribution in [0.25, 0.3) is 5.69 Å². The number of hydrogen-bond donors (Lipinski definition) is 2. The highest BCUT2D eigenvalue weighted by Gasteiger charge is 2.04. The van der Waals surface area contributed by atoms with E-state index in [9.17, 15) is 4.79 Å². The summed E-state index contributed by atoms with van der Waals surface area (Å²) in [6.07, 6.45) is 3.13. The summed E-state index contributed by atoms with van der Waals surface area (Å²) in [5, 5.41) is 12.8. The minimum Gasteiger partial charge on any atom is -0.478 e. The number of carbonyl (C=O) groups is 1. The van der Waals surface area contributed by atoms with Crippen molar-refractivity contribution < 1.29 is 9.90 Å². The Balaban J connectivity index is 2.45. The lowest BCUT2D eigenvalue weighted by atomic mass is 10.2. The lowest BCUT2D eigenvalue weighted by Crippen LogP contribution is -2.00. The summed E-state index contributed by atoms with van der Waals surface area (Å²) in [4.78, 5) is 10.7. The zero-order valence-corrected chi connectivity index (χ0v) is 7.79. The highest BCUT2D eigenvalue weighted by molar-refractivity contribution is 5.88. The number of carboxylic acid groups (broad SMARTS) is 1. The number of carboxylic acids is 1. The van der Waals surface area contributed by atoms with Crippen LogP contribution in [0.2, 0.25) is 0 Å². The topological polar surface area (TPSA) is 81.1 Å². The molecule has 0 radical (unpaired) electrons. The van der Waals surface area contributed by atoms with Gasteiger partial charge in [-0.25, -0.2) is 9.48 Å². The van der Waals surface area contributed by atoms with Crippen LogP contribution in [0.1, 0.15) is 10.4 Å². The molecule has 0 unspecified atom stereocenters. The number of aromatic carboxylic acids is 1. The van der Waals surface area contributed by atoms with E-state index in [0.717, 1.165) is 0 Å². The van der Waals surface area contributed by atoms with Gasteiger partial charge in [-0.1, -0.05) is 6.07 Å². The fourth-order valence-corrected chi connectivity index (χ4v) is 1.26. The van der Waals surface area contributed by atoms with Crippen LogP contribution in [0.15, 0.2) is 36.7 Å². The van der Waals surface area contributed by atoms with Crippen molar-refractivity contribution in [3.05, 3.63) is 42.2 Å². The molecule has 0 fully saturated rings. The fourth-order valence-electron chi connectivity index (χ4n) is 1.26. The van der Waals surface area contributed by atoms with Crippen LogP contribution in [0.5, 0.6) is 0 Å². The molecule has 15 heavy (non-hydrogen) atoms. The molecular weight excluding hydrogens is 194 g/mol. The van der Waals surface area contributed by atoms with Crippen LogP contribution in [-0.2, 0) is 0 Å². The Labute approximate surface area is 85.8 Å². The fraction of sp³-hybridized carbons (Fsp3) is 0. The lowest BCUT2D eigenvalue weighted by molar-refractivity contribution is 0.0697. The first kappa shape index (κ1) is 9.26. The van der Waals surface area contributed by atoms with Crippen molar-refractivity contribution in [1.82, 2.24) is 9.78 Å². The molecule has 5 nitrogen and oxygen atoms in total. The van der Waals surface area contributed by atoms with Crippen molar-refractivity contribution in [3.63, 3.8) is 0 Å². The first-order valence-electron chi connectivity index (χ1n) is 4.31. The van der Waals surface area contributed by atoms with Gasteiger partial charge in [-0.2, -0.15) is 5.10 Å². The normalized spacial score (nSPS) is 10.1. The molecule has 2 rings (SSSR count). The molecule has 1 aromatic heterocycles. The van der Waals surface area contributed by atoms with E-state index in [4.69, 9.17) is 10.8 Å². The zero-order chi connectivity index (χ0) is 10.8. The smallest absolute Gasteiger partial charge is 0.335 e. The van der Waals surface area contributed by atoms with Crippen molar-refractivity contribution in [1.29, 1.82) is 0 Å². The number of nitrogens with two attached hydrogens (primary N) is 1. The van der Waals surface area contributed by atoms with Gasteiger partial charge in [-0.3, -0.25) is 0 Å². The van der Waals surface area contributed by atoms with E-state index in [1.165, 1.54) is 23.0 Å². The maximum absolute atomic E-state index is 10.7. The van der Waals surface area contributed by atoms with Crippen LogP contribution in [0.4, 0.5) is 5.69 Å². The number of nitrogen functional groups attached to an aromatic ring is 1. The zero-order valence-electron chi connectivity index (χ0n) is 7.79. The lowest BCUT2D eigenvalue weighted by Gasteiger charge is -2.01. The van der Waals surface area contributed by atoms with E-state index >= 15 is 0 Å². The van der Waals surface area contributed by atoms with E-state index in [1.54, 1.807) is 18.3 Å². The highest BCUT2D eigenvalue weighted by atomic mass is 16.4. The van der Waals surface area contributed by atoms with Gasteiger partial charge in [0.25, 0.3) is 0 Å². The third-order valence-electron chi connectivity index (χ3n) is 1.96. The molecular formula is C10H9N3O2. The molecule has 1 heterocycles. The minimum absolute atomic E-state index is 0.224. The molecule has 0 spiro atoms. The molecule has 0 amide bonds. The number of anilines is 1. The quantitative estimate of drug-likeness (QED) is 0.767. The molecule has 0 saturated carbocycles. The first-order chi connectivity index (χ1) is 7.16. The Morgan fingerprint density at radius 1 is 1.47 bits per heavy atom. The van der Waals surface area contributed by atoms with E-state index in [-0.39, 0.29) is 5.56 Å². The van der Waals surface area contributed by atoms with Crippen LogP contribution in [0.3, 0.4) is 0 Å². The van der Waals surface area contributed by atoms with E-state index in [2.05, 4.69) is 5.10 Å². The van der Waals surface area contributed by atoms with E-state index in [0.29, 0.717) is 11.4 Å². The molecule has 3 N–H and O–H groups in total. The average Bonchev–Trinajstić information content (AvgIpc) is 2.65. The summed E-state index contributed by atoms with van der Waals surface area (Å²) in [5.41, 5.74) is 6.95. The number of benzene rings is 1.